The van der Waals surface area contributed by atoms with Crippen LogP contribution in [0.15, 0.2) is 75.4 Å². The first-order chi connectivity index (χ1) is 16.5. The van der Waals surface area contributed by atoms with E-state index in [1.54, 1.807) is 19.4 Å². The number of methoxy groups -OCH3 is 1. The highest BCUT2D eigenvalue weighted by Gasteiger charge is 2.12. The van der Waals surface area contributed by atoms with Crippen molar-refractivity contribution in [3.63, 3.8) is 0 Å². The molecule has 1 amide bonds. The molecule has 2 N–H and O–H groups in total. The molecule has 4 rings (SSSR count). The Morgan fingerprint density at radius 3 is 2.79 bits per heavy atom. The number of imidazole rings is 1. The number of aromatic amines is 1. The van der Waals surface area contributed by atoms with Crippen molar-refractivity contribution >= 4 is 62.4 Å². The highest BCUT2D eigenvalue weighted by molar-refractivity contribution is 9.10. The Kier molecular flexibility index (Phi) is 8.10. The van der Waals surface area contributed by atoms with Crippen molar-refractivity contribution in [1.29, 1.82) is 0 Å². The van der Waals surface area contributed by atoms with Gasteiger partial charge in [0.25, 0.3) is 5.91 Å². The lowest BCUT2D eigenvalue weighted by atomic mass is 10.2. The van der Waals surface area contributed by atoms with Crippen molar-refractivity contribution in [3.8, 4) is 11.5 Å². The molecule has 0 saturated carbocycles. The van der Waals surface area contributed by atoms with Crippen LogP contribution in [-0.2, 0) is 11.4 Å². The number of aromatic nitrogens is 2. The number of carbonyl (C=O) groups is 1. The third kappa shape index (κ3) is 6.31. The van der Waals surface area contributed by atoms with E-state index >= 15 is 0 Å². The van der Waals surface area contributed by atoms with Gasteiger partial charge < -0.3 is 14.5 Å². The highest BCUT2D eigenvalue weighted by atomic mass is 79.9. The maximum atomic E-state index is 12.2. The van der Waals surface area contributed by atoms with Crippen molar-refractivity contribution in [2.45, 2.75) is 11.8 Å². The number of nitrogens with zero attached hydrogens (tertiary/aromatic N) is 2. The van der Waals surface area contributed by atoms with Gasteiger partial charge in [-0.2, -0.15) is 5.10 Å². The number of H-pyrrole nitrogens is 1. The summed E-state index contributed by atoms with van der Waals surface area (Å²) in [5.41, 5.74) is 6.03. The molecule has 7 nitrogen and oxygen atoms in total. The van der Waals surface area contributed by atoms with Gasteiger partial charge >= 0.3 is 0 Å². The molecule has 34 heavy (non-hydrogen) atoms. The van der Waals surface area contributed by atoms with Crippen LogP contribution in [0, 0.1) is 0 Å². The maximum Gasteiger partial charge on any atom is 0.250 e. The molecule has 0 aliphatic rings. The molecule has 0 bridgehead atoms. The van der Waals surface area contributed by atoms with Crippen LogP contribution in [0.4, 0.5) is 0 Å². The van der Waals surface area contributed by atoms with E-state index in [1.807, 2.05) is 54.6 Å². The van der Waals surface area contributed by atoms with E-state index in [9.17, 15) is 4.79 Å². The van der Waals surface area contributed by atoms with Gasteiger partial charge in [0.15, 0.2) is 16.7 Å². The van der Waals surface area contributed by atoms with E-state index < -0.39 is 0 Å². The number of hydrogen-bond donors (Lipinski definition) is 2. The predicted octanol–water partition coefficient (Wildman–Crippen LogP) is 5.81. The standard InChI is InChI=1S/C24H20BrClN4O3S/c1-32-21-11-16(10-18(25)23(21)33-13-15-6-8-17(26)9-7-15)12-27-30-22(31)14-34-24-28-19-4-2-3-5-20(19)29-24/h2-12H,13-14H2,1H3,(H,28,29)(H,30,31)/b27-12+. The molecule has 0 unspecified atom stereocenters. The second kappa shape index (κ2) is 11.4. The summed E-state index contributed by atoms with van der Waals surface area (Å²) >= 11 is 10.8. The number of thioether (sulfide) groups is 1. The summed E-state index contributed by atoms with van der Waals surface area (Å²) in [4.78, 5) is 19.8. The number of benzene rings is 3. The van der Waals surface area contributed by atoms with E-state index in [1.165, 1.54) is 11.8 Å². The molecule has 0 atom stereocenters. The van der Waals surface area contributed by atoms with E-state index in [0.717, 1.165) is 22.2 Å². The molecular weight excluding hydrogens is 540 g/mol. The van der Waals surface area contributed by atoms with Crippen LogP contribution in [0.5, 0.6) is 11.5 Å². The summed E-state index contributed by atoms with van der Waals surface area (Å²) in [7, 11) is 1.56. The van der Waals surface area contributed by atoms with Gasteiger partial charge in [-0.15, -0.1) is 0 Å². The highest BCUT2D eigenvalue weighted by Crippen LogP contribution is 2.37. The first kappa shape index (κ1) is 24.1. The zero-order valence-corrected chi connectivity index (χ0v) is 21.2. The van der Waals surface area contributed by atoms with Crippen molar-refractivity contribution in [2.75, 3.05) is 12.9 Å². The monoisotopic (exact) mass is 558 g/mol. The SMILES string of the molecule is COc1cc(/C=N/NC(=O)CSc2nc3ccccc3[nH]2)cc(Br)c1OCc1ccc(Cl)cc1. The van der Waals surface area contributed by atoms with Gasteiger partial charge in [-0.3, -0.25) is 4.79 Å². The average Bonchev–Trinajstić information content (AvgIpc) is 3.26. The van der Waals surface area contributed by atoms with Gasteiger partial charge in [0.1, 0.15) is 6.61 Å². The number of rotatable bonds is 9. The number of fused-ring (bicyclic) bond motifs is 1. The van der Waals surface area contributed by atoms with E-state index in [2.05, 4.69) is 36.4 Å². The minimum atomic E-state index is -0.240. The summed E-state index contributed by atoms with van der Waals surface area (Å²) in [5.74, 6) is 1.05. The number of para-hydroxylation sites is 2. The van der Waals surface area contributed by atoms with Crippen LogP contribution in [0.1, 0.15) is 11.1 Å². The van der Waals surface area contributed by atoms with Crippen molar-refractivity contribution in [3.05, 3.63) is 81.3 Å². The Morgan fingerprint density at radius 1 is 1.24 bits per heavy atom. The lowest BCUT2D eigenvalue weighted by Crippen LogP contribution is -2.19. The molecule has 0 fully saturated rings. The minimum absolute atomic E-state index is 0.182. The second-order valence-electron chi connectivity index (χ2n) is 7.09. The fraction of sp³-hybridized carbons (Fsp3) is 0.125. The smallest absolute Gasteiger partial charge is 0.250 e. The van der Waals surface area contributed by atoms with Gasteiger partial charge in [0.05, 0.1) is 34.6 Å². The molecule has 4 aromatic rings. The van der Waals surface area contributed by atoms with Crippen LogP contribution < -0.4 is 14.9 Å². The van der Waals surface area contributed by atoms with E-state index in [4.69, 9.17) is 21.1 Å². The third-order valence-electron chi connectivity index (χ3n) is 4.66. The van der Waals surface area contributed by atoms with Crippen LogP contribution in [0.2, 0.25) is 5.02 Å². The van der Waals surface area contributed by atoms with Gasteiger partial charge in [-0.1, -0.05) is 47.6 Å². The van der Waals surface area contributed by atoms with Gasteiger partial charge in [0, 0.05) is 5.02 Å². The average molecular weight is 560 g/mol. The molecule has 3 aromatic carbocycles. The number of carbonyl (C=O) groups excluding carboxylic acids is 1. The molecule has 1 heterocycles. The Morgan fingerprint density at radius 2 is 2.03 bits per heavy atom. The van der Waals surface area contributed by atoms with Crippen LogP contribution >= 0.6 is 39.3 Å². The van der Waals surface area contributed by atoms with Gasteiger partial charge in [-0.05, 0) is 63.5 Å². The van der Waals surface area contributed by atoms with Crippen LogP contribution in [-0.4, -0.2) is 35.0 Å². The van der Waals surface area contributed by atoms with Crippen molar-refractivity contribution in [2.24, 2.45) is 5.10 Å². The molecule has 174 valence electrons. The topological polar surface area (TPSA) is 88.6 Å². The summed E-state index contributed by atoms with van der Waals surface area (Å²) in [6.45, 7) is 0.360. The van der Waals surface area contributed by atoms with Crippen molar-refractivity contribution < 1.29 is 14.3 Å². The number of nitrogens with one attached hydrogen (secondary N) is 2. The number of ether oxygens (including phenoxy) is 2. The van der Waals surface area contributed by atoms with E-state index in [-0.39, 0.29) is 11.7 Å². The summed E-state index contributed by atoms with van der Waals surface area (Å²) in [6.07, 6.45) is 1.54. The Balaban J connectivity index is 1.33. The zero-order chi connectivity index (χ0) is 23.9. The third-order valence-corrected chi connectivity index (χ3v) is 6.37. The normalized spacial score (nSPS) is 11.1. The molecule has 10 heteroatoms. The fourth-order valence-corrected chi connectivity index (χ4v) is 4.41. The Labute approximate surface area is 214 Å². The van der Waals surface area contributed by atoms with Crippen LogP contribution in [0.25, 0.3) is 11.0 Å². The lowest BCUT2D eigenvalue weighted by Gasteiger charge is -2.13. The minimum Gasteiger partial charge on any atom is -0.493 e. The zero-order valence-electron chi connectivity index (χ0n) is 18.0. The van der Waals surface area contributed by atoms with Gasteiger partial charge in [0.2, 0.25) is 0 Å². The lowest BCUT2D eigenvalue weighted by molar-refractivity contribution is -0.118. The number of halogens is 2. The largest absolute Gasteiger partial charge is 0.493 e. The summed E-state index contributed by atoms with van der Waals surface area (Å²) in [5, 5.41) is 5.40. The first-order valence-electron chi connectivity index (χ1n) is 10.2. The molecule has 0 saturated heterocycles. The number of hydrogen-bond acceptors (Lipinski definition) is 6. The van der Waals surface area contributed by atoms with Gasteiger partial charge in [-0.25, -0.2) is 10.4 Å². The number of hydrazone groups is 1. The van der Waals surface area contributed by atoms with E-state index in [0.29, 0.717) is 32.8 Å². The predicted molar refractivity (Wildman–Crippen MR) is 139 cm³/mol. The first-order valence-corrected chi connectivity index (χ1v) is 12.3. The second-order valence-corrected chi connectivity index (χ2v) is 9.35. The summed E-state index contributed by atoms with van der Waals surface area (Å²) < 4.78 is 12.1. The Bertz CT molecular complexity index is 1290. The summed E-state index contributed by atoms with van der Waals surface area (Å²) in [6, 6.07) is 18.8. The maximum absolute atomic E-state index is 12.2. The molecular formula is C24H20BrClN4O3S. The molecule has 0 spiro atoms. The molecule has 1 aromatic heterocycles. The molecule has 0 aliphatic heterocycles. The molecule has 0 radical (unpaired) electrons. The van der Waals surface area contributed by atoms with Crippen LogP contribution in [0.3, 0.4) is 0 Å². The molecule has 0 aliphatic carbocycles. The van der Waals surface area contributed by atoms with Crippen molar-refractivity contribution in [1.82, 2.24) is 15.4 Å². The Hall–Kier alpha value is -3.01. The quantitative estimate of drug-likeness (QED) is 0.154. The fourth-order valence-electron chi connectivity index (χ4n) is 3.03. The number of amides is 1.